The summed E-state index contributed by atoms with van der Waals surface area (Å²) in [6.45, 7) is 3.80. The fraction of sp³-hybridized carbons (Fsp3) is 0.353. The van der Waals surface area contributed by atoms with Gasteiger partial charge in [-0.15, -0.1) is 11.3 Å². The second kappa shape index (κ2) is 6.60. The number of hydrogen-bond acceptors (Lipinski definition) is 5. The molecule has 1 aromatic heterocycles. The third-order valence-electron chi connectivity index (χ3n) is 3.99. The van der Waals surface area contributed by atoms with Gasteiger partial charge in [0.05, 0.1) is 17.7 Å². The highest BCUT2D eigenvalue weighted by Gasteiger charge is 2.28. The number of nitrogens with one attached hydrogen (secondary N) is 1. The van der Waals surface area contributed by atoms with Crippen molar-refractivity contribution in [2.45, 2.75) is 26.3 Å². The van der Waals surface area contributed by atoms with Crippen molar-refractivity contribution in [1.82, 2.24) is 10.3 Å². The number of carbonyl (C=O) groups is 2. The van der Waals surface area contributed by atoms with E-state index in [4.69, 9.17) is 9.84 Å². The van der Waals surface area contributed by atoms with Crippen molar-refractivity contribution in [3.63, 3.8) is 0 Å². The molecule has 3 rings (SSSR count). The molecule has 24 heavy (non-hydrogen) atoms. The van der Waals surface area contributed by atoms with E-state index in [1.54, 1.807) is 13.8 Å². The lowest BCUT2D eigenvalue weighted by Crippen LogP contribution is -2.38. The van der Waals surface area contributed by atoms with E-state index in [1.807, 2.05) is 24.3 Å². The van der Waals surface area contributed by atoms with Crippen LogP contribution in [0.25, 0.3) is 0 Å². The molecule has 0 aliphatic carbocycles. The predicted octanol–water partition coefficient (Wildman–Crippen LogP) is 2.58. The number of carboxylic acid groups (broad SMARTS) is 1. The molecule has 2 atom stereocenters. The third-order valence-corrected chi connectivity index (χ3v) is 5.31. The van der Waals surface area contributed by atoms with Crippen LogP contribution in [0.3, 0.4) is 0 Å². The van der Waals surface area contributed by atoms with Crippen LogP contribution in [0, 0.1) is 12.8 Å². The molecule has 1 amide bonds. The molecule has 2 aromatic rings. The van der Waals surface area contributed by atoms with Crippen molar-refractivity contribution in [2.75, 3.05) is 6.61 Å². The Labute approximate surface area is 143 Å². The van der Waals surface area contributed by atoms with Gasteiger partial charge in [-0.1, -0.05) is 18.2 Å². The zero-order valence-corrected chi connectivity index (χ0v) is 14.2. The van der Waals surface area contributed by atoms with Crippen LogP contribution in [0.1, 0.15) is 38.9 Å². The number of carbonyl (C=O) groups excluding carboxylic acids is 1. The number of rotatable bonds is 4. The summed E-state index contributed by atoms with van der Waals surface area (Å²) in [5, 5.41) is 12.6. The van der Waals surface area contributed by atoms with Crippen LogP contribution in [-0.4, -0.2) is 28.6 Å². The van der Waals surface area contributed by atoms with E-state index in [2.05, 4.69) is 10.3 Å². The van der Waals surface area contributed by atoms with Crippen molar-refractivity contribution >= 4 is 23.2 Å². The van der Waals surface area contributed by atoms with Gasteiger partial charge in [-0.05, 0) is 31.9 Å². The molecule has 0 saturated carbocycles. The number of benzene rings is 1. The summed E-state index contributed by atoms with van der Waals surface area (Å²) < 4.78 is 5.65. The number of aryl methyl sites for hydroxylation is 1. The van der Waals surface area contributed by atoms with Gasteiger partial charge >= 0.3 is 5.97 Å². The highest BCUT2D eigenvalue weighted by molar-refractivity contribution is 7.13. The highest BCUT2D eigenvalue weighted by atomic mass is 32.1. The van der Waals surface area contributed by atoms with Crippen LogP contribution in [0.15, 0.2) is 24.3 Å². The SMILES string of the molecule is Cc1nc(C(C)NC(=O)C2COc3ccccc3C2)sc1C(=O)O. The normalized spacial score (nSPS) is 17.5. The number of nitrogens with zero attached hydrogens (tertiary/aromatic N) is 1. The molecule has 1 aromatic carbocycles. The zero-order valence-electron chi connectivity index (χ0n) is 13.4. The molecule has 0 spiro atoms. The Balaban J connectivity index is 1.67. The topological polar surface area (TPSA) is 88.5 Å². The molecular formula is C17H18N2O4S. The molecule has 6 nitrogen and oxygen atoms in total. The number of aromatic nitrogens is 1. The van der Waals surface area contributed by atoms with Gasteiger partial charge in [0.15, 0.2) is 0 Å². The molecule has 0 fully saturated rings. The molecule has 2 unspecified atom stereocenters. The van der Waals surface area contributed by atoms with Gasteiger partial charge in [0.2, 0.25) is 5.91 Å². The molecular weight excluding hydrogens is 328 g/mol. The smallest absolute Gasteiger partial charge is 0.347 e. The predicted molar refractivity (Wildman–Crippen MR) is 89.5 cm³/mol. The fourth-order valence-corrected chi connectivity index (χ4v) is 3.60. The number of hydrogen-bond donors (Lipinski definition) is 2. The standard InChI is InChI=1S/C17H18N2O4S/c1-9-14(17(21)22)24-16(19-9)10(2)18-15(20)12-7-11-5-3-4-6-13(11)23-8-12/h3-6,10,12H,7-8H2,1-2H3,(H,18,20)(H,21,22). The summed E-state index contributed by atoms with van der Waals surface area (Å²) in [6.07, 6.45) is 0.631. The maximum Gasteiger partial charge on any atom is 0.347 e. The van der Waals surface area contributed by atoms with E-state index < -0.39 is 5.97 Å². The van der Waals surface area contributed by atoms with Crippen molar-refractivity contribution in [3.8, 4) is 5.75 Å². The molecule has 0 bridgehead atoms. The van der Waals surface area contributed by atoms with E-state index in [-0.39, 0.29) is 22.7 Å². The first kappa shape index (κ1) is 16.4. The number of para-hydroxylation sites is 1. The molecule has 126 valence electrons. The van der Waals surface area contributed by atoms with Gasteiger partial charge < -0.3 is 15.2 Å². The quantitative estimate of drug-likeness (QED) is 0.888. The average Bonchev–Trinajstić information content (AvgIpc) is 2.96. The summed E-state index contributed by atoms with van der Waals surface area (Å²) in [6, 6.07) is 7.36. The number of thiazole rings is 1. The number of fused-ring (bicyclic) bond motifs is 1. The second-order valence-electron chi connectivity index (χ2n) is 5.82. The first-order valence-corrected chi connectivity index (χ1v) is 8.49. The Hall–Kier alpha value is -2.41. The van der Waals surface area contributed by atoms with Crippen LogP contribution in [0.2, 0.25) is 0 Å². The molecule has 1 aliphatic rings. The van der Waals surface area contributed by atoms with E-state index in [1.165, 1.54) is 0 Å². The van der Waals surface area contributed by atoms with Gasteiger partial charge in [-0.3, -0.25) is 4.79 Å². The molecule has 1 aliphatic heterocycles. The zero-order chi connectivity index (χ0) is 17.3. The number of amides is 1. The van der Waals surface area contributed by atoms with Crippen LogP contribution in [0.5, 0.6) is 5.75 Å². The molecule has 2 N–H and O–H groups in total. The first-order chi connectivity index (χ1) is 11.5. The second-order valence-corrected chi connectivity index (χ2v) is 6.85. The van der Waals surface area contributed by atoms with Crippen LogP contribution in [-0.2, 0) is 11.2 Å². The summed E-state index contributed by atoms with van der Waals surface area (Å²) in [7, 11) is 0. The van der Waals surface area contributed by atoms with Crippen molar-refractivity contribution in [1.29, 1.82) is 0 Å². The molecule has 7 heteroatoms. The minimum atomic E-state index is -0.993. The fourth-order valence-electron chi connectivity index (χ4n) is 2.69. The van der Waals surface area contributed by atoms with E-state index in [0.717, 1.165) is 22.6 Å². The number of carboxylic acids is 1. The number of aromatic carboxylic acids is 1. The van der Waals surface area contributed by atoms with Gasteiger partial charge in [-0.25, -0.2) is 9.78 Å². The lowest BCUT2D eigenvalue weighted by atomic mass is 9.96. The van der Waals surface area contributed by atoms with Crippen molar-refractivity contribution in [3.05, 3.63) is 45.4 Å². The summed E-state index contributed by atoms with van der Waals surface area (Å²) >= 11 is 1.10. The minimum absolute atomic E-state index is 0.110. The van der Waals surface area contributed by atoms with Crippen LogP contribution in [0.4, 0.5) is 0 Å². The molecule has 2 heterocycles. The Kier molecular flexibility index (Phi) is 4.53. The Morgan fingerprint density at radius 2 is 2.17 bits per heavy atom. The van der Waals surface area contributed by atoms with Crippen molar-refractivity contribution in [2.24, 2.45) is 5.92 Å². The molecule has 0 radical (unpaired) electrons. The Bertz CT molecular complexity index is 787. The van der Waals surface area contributed by atoms with Gasteiger partial charge in [0.25, 0.3) is 0 Å². The lowest BCUT2D eigenvalue weighted by molar-refractivity contribution is -0.126. The Morgan fingerprint density at radius 3 is 2.88 bits per heavy atom. The Morgan fingerprint density at radius 1 is 1.42 bits per heavy atom. The maximum atomic E-state index is 12.5. The third kappa shape index (κ3) is 3.26. The maximum absolute atomic E-state index is 12.5. The average molecular weight is 346 g/mol. The largest absolute Gasteiger partial charge is 0.492 e. The van der Waals surface area contributed by atoms with E-state index in [0.29, 0.717) is 23.7 Å². The van der Waals surface area contributed by atoms with Gasteiger partial charge in [0, 0.05) is 0 Å². The lowest BCUT2D eigenvalue weighted by Gasteiger charge is -2.25. The number of ether oxygens (including phenoxy) is 1. The highest BCUT2D eigenvalue weighted by Crippen LogP contribution is 2.28. The monoisotopic (exact) mass is 346 g/mol. The van der Waals surface area contributed by atoms with Crippen LogP contribution >= 0.6 is 11.3 Å². The van der Waals surface area contributed by atoms with Crippen LogP contribution < -0.4 is 10.1 Å². The van der Waals surface area contributed by atoms with Gasteiger partial charge in [-0.2, -0.15) is 0 Å². The first-order valence-electron chi connectivity index (χ1n) is 7.67. The van der Waals surface area contributed by atoms with Gasteiger partial charge in [0.1, 0.15) is 22.2 Å². The summed E-state index contributed by atoms with van der Waals surface area (Å²) in [4.78, 5) is 28.1. The van der Waals surface area contributed by atoms with E-state index >= 15 is 0 Å². The summed E-state index contributed by atoms with van der Waals surface area (Å²) in [5.41, 5.74) is 1.49. The molecule has 0 saturated heterocycles. The van der Waals surface area contributed by atoms with Crippen molar-refractivity contribution < 1.29 is 19.4 Å². The summed E-state index contributed by atoms with van der Waals surface area (Å²) in [5.74, 6) is -0.535. The minimum Gasteiger partial charge on any atom is -0.492 e. The van der Waals surface area contributed by atoms with E-state index in [9.17, 15) is 9.59 Å².